The standard InChI is InChI=1S/C54H35N3O2/c1-54(2)43-21-8-6-17-37(43)38-27-25-36(31-44(38)54)34-16-10-15-33(29-34)35-26-28-46-42(30-35)50-41(20-12-24-48(50)59-46)53-56-51(32-13-4-3-5-14-32)55-52(57-53)40-19-11-23-47-49(40)39-18-7-9-22-45(39)58-47/h3-31H,1-2H3. The first-order chi connectivity index (χ1) is 29.0. The molecule has 3 heterocycles. The molecule has 1 aliphatic carbocycles. The van der Waals surface area contributed by atoms with Crippen molar-refractivity contribution in [2.75, 3.05) is 0 Å². The Labute approximate surface area is 340 Å². The van der Waals surface area contributed by atoms with Gasteiger partial charge in [0.2, 0.25) is 0 Å². The van der Waals surface area contributed by atoms with Gasteiger partial charge in [-0.2, -0.15) is 0 Å². The maximum absolute atomic E-state index is 6.53. The van der Waals surface area contributed by atoms with Crippen molar-refractivity contribution in [1.29, 1.82) is 0 Å². The minimum absolute atomic E-state index is 0.0627. The molecule has 0 saturated heterocycles. The fourth-order valence-corrected chi connectivity index (χ4v) is 9.25. The van der Waals surface area contributed by atoms with Crippen molar-refractivity contribution in [2.24, 2.45) is 0 Å². The summed E-state index contributed by atoms with van der Waals surface area (Å²) in [6.07, 6.45) is 0. The van der Waals surface area contributed by atoms with Crippen LogP contribution in [0.1, 0.15) is 25.0 Å². The maximum Gasteiger partial charge on any atom is 0.164 e. The third-order valence-electron chi connectivity index (χ3n) is 12.2. The van der Waals surface area contributed by atoms with Crippen molar-refractivity contribution in [3.05, 3.63) is 187 Å². The van der Waals surface area contributed by atoms with Gasteiger partial charge >= 0.3 is 0 Å². The molecule has 0 N–H and O–H groups in total. The summed E-state index contributed by atoms with van der Waals surface area (Å²) in [6.45, 7) is 4.66. The minimum Gasteiger partial charge on any atom is -0.456 e. The average Bonchev–Trinajstić information content (AvgIpc) is 3.94. The molecular formula is C54H35N3O2. The largest absolute Gasteiger partial charge is 0.456 e. The lowest BCUT2D eigenvalue weighted by molar-refractivity contribution is 0.660. The second-order valence-corrected chi connectivity index (χ2v) is 16.0. The third-order valence-corrected chi connectivity index (χ3v) is 12.2. The Morgan fingerprint density at radius 1 is 0.339 bits per heavy atom. The molecule has 0 unspecified atom stereocenters. The molecule has 5 nitrogen and oxygen atoms in total. The van der Waals surface area contributed by atoms with E-state index in [9.17, 15) is 0 Å². The van der Waals surface area contributed by atoms with E-state index in [1.54, 1.807) is 0 Å². The summed E-state index contributed by atoms with van der Waals surface area (Å²) >= 11 is 0. The zero-order chi connectivity index (χ0) is 39.2. The van der Waals surface area contributed by atoms with E-state index in [1.807, 2.05) is 72.8 Å². The highest BCUT2D eigenvalue weighted by Crippen LogP contribution is 2.50. The smallest absolute Gasteiger partial charge is 0.164 e. The van der Waals surface area contributed by atoms with Crippen LogP contribution in [-0.4, -0.2) is 15.0 Å². The van der Waals surface area contributed by atoms with Gasteiger partial charge in [0.05, 0.1) is 0 Å². The van der Waals surface area contributed by atoms with Gasteiger partial charge in [-0.15, -0.1) is 0 Å². The highest BCUT2D eigenvalue weighted by Gasteiger charge is 2.35. The lowest BCUT2D eigenvalue weighted by Crippen LogP contribution is -2.14. The molecule has 0 amide bonds. The zero-order valence-electron chi connectivity index (χ0n) is 32.4. The van der Waals surface area contributed by atoms with E-state index in [0.29, 0.717) is 17.5 Å². The van der Waals surface area contributed by atoms with Gasteiger partial charge < -0.3 is 8.83 Å². The van der Waals surface area contributed by atoms with Crippen LogP contribution in [0.3, 0.4) is 0 Å². The Balaban J connectivity index is 1.00. The molecule has 12 rings (SSSR count). The van der Waals surface area contributed by atoms with Crippen LogP contribution in [0.15, 0.2) is 185 Å². The first-order valence-corrected chi connectivity index (χ1v) is 20.0. The SMILES string of the molecule is CC1(C)c2ccccc2-c2ccc(-c3cccc(-c4ccc5oc6cccc(-c7nc(-c8ccccc8)nc(-c8cccc9oc%10ccccc%10c89)n7)c6c5c4)c3)cc21. The van der Waals surface area contributed by atoms with Gasteiger partial charge in [0.15, 0.2) is 17.5 Å². The molecule has 0 saturated carbocycles. The Hall–Kier alpha value is -7.63. The second-order valence-electron chi connectivity index (χ2n) is 16.0. The minimum atomic E-state index is -0.0627. The van der Waals surface area contributed by atoms with Gasteiger partial charge in [0.1, 0.15) is 22.3 Å². The molecule has 0 atom stereocenters. The molecule has 0 fully saturated rings. The summed E-state index contributed by atoms with van der Waals surface area (Å²) in [5.74, 6) is 1.74. The summed E-state index contributed by atoms with van der Waals surface area (Å²) in [5, 5.41) is 3.96. The van der Waals surface area contributed by atoms with Gasteiger partial charge in [-0.3, -0.25) is 0 Å². The fraction of sp³-hybridized carbons (Fsp3) is 0.0556. The van der Waals surface area contributed by atoms with E-state index in [1.165, 1.54) is 33.4 Å². The molecular weight excluding hydrogens is 723 g/mol. The van der Waals surface area contributed by atoms with Crippen molar-refractivity contribution < 1.29 is 8.83 Å². The number of para-hydroxylation sites is 1. The molecule has 11 aromatic rings. The monoisotopic (exact) mass is 757 g/mol. The molecule has 0 spiro atoms. The van der Waals surface area contributed by atoms with E-state index in [4.69, 9.17) is 23.8 Å². The van der Waals surface area contributed by atoms with Crippen LogP contribution in [0.4, 0.5) is 0 Å². The maximum atomic E-state index is 6.53. The number of nitrogens with zero attached hydrogens (tertiary/aromatic N) is 3. The average molecular weight is 758 g/mol. The molecule has 5 heteroatoms. The van der Waals surface area contributed by atoms with Crippen molar-refractivity contribution >= 4 is 43.9 Å². The Kier molecular flexibility index (Phi) is 7.20. The van der Waals surface area contributed by atoms with E-state index < -0.39 is 0 Å². The predicted molar refractivity (Wildman–Crippen MR) is 239 cm³/mol. The molecule has 1 aliphatic rings. The van der Waals surface area contributed by atoms with Crippen LogP contribution in [0, 0.1) is 0 Å². The summed E-state index contributed by atoms with van der Waals surface area (Å²) < 4.78 is 12.8. The molecule has 59 heavy (non-hydrogen) atoms. The molecule has 0 bridgehead atoms. The Morgan fingerprint density at radius 2 is 0.847 bits per heavy atom. The number of fused-ring (bicyclic) bond motifs is 9. The first-order valence-electron chi connectivity index (χ1n) is 20.0. The van der Waals surface area contributed by atoms with Crippen molar-refractivity contribution in [3.63, 3.8) is 0 Å². The molecule has 8 aromatic carbocycles. The van der Waals surface area contributed by atoms with Crippen LogP contribution in [0.25, 0.3) is 111 Å². The normalized spacial score (nSPS) is 13.1. The van der Waals surface area contributed by atoms with Crippen molar-refractivity contribution in [3.8, 4) is 67.5 Å². The highest BCUT2D eigenvalue weighted by molar-refractivity contribution is 6.14. The van der Waals surface area contributed by atoms with Gasteiger partial charge in [0, 0.05) is 43.7 Å². The number of hydrogen-bond donors (Lipinski definition) is 0. The van der Waals surface area contributed by atoms with Crippen LogP contribution in [0.2, 0.25) is 0 Å². The van der Waals surface area contributed by atoms with Crippen LogP contribution >= 0.6 is 0 Å². The van der Waals surface area contributed by atoms with Crippen LogP contribution < -0.4 is 0 Å². The lowest BCUT2D eigenvalue weighted by atomic mass is 9.81. The quantitative estimate of drug-likeness (QED) is 0.175. The summed E-state index contributed by atoms with van der Waals surface area (Å²) in [5.41, 5.74) is 15.8. The topological polar surface area (TPSA) is 65.0 Å². The van der Waals surface area contributed by atoms with Gasteiger partial charge in [-0.1, -0.05) is 147 Å². The molecule has 0 aliphatic heterocycles. The number of furan rings is 2. The first kappa shape index (κ1) is 33.5. The van der Waals surface area contributed by atoms with E-state index in [0.717, 1.165) is 71.7 Å². The Morgan fingerprint density at radius 3 is 1.61 bits per heavy atom. The molecule has 278 valence electrons. The summed E-state index contributed by atoms with van der Waals surface area (Å²) in [6, 6.07) is 61.4. The zero-order valence-corrected chi connectivity index (χ0v) is 32.4. The van der Waals surface area contributed by atoms with Gasteiger partial charge in [-0.25, -0.2) is 15.0 Å². The van der Waals surface area contributed by atoms with E-state index in [-0.39, 0.29) is 5.41 Å². The van der Waals surface area contributed by atoms with Crippen molar-refractivity contribution in [1.82, 2.24) is 15.0 Å². The number of benzene rings is 8. The Bertz CT molecular complexity index is 3480. The molecule has 0 radical (unpaired) electrons. The van der Waals surface area contributed by atoms with Crippen LogP contribution in [-0.2, 0) is 5.41 Å². The van der Waals surface area contributed by atoms with Crippen LogP contribution in [0.5, 0.6) is 0 Å². The fourth-order valence-electron chi connectivity index (χ4n) is 9.25. The lowest BCUT2D eigenvalue weighted by Gasteiger charge is -2.22. The third kappa shape index (κ3) is 5.21. The predicted octanol–water partition coefficient (Wildman–Crippen LogP) is 14.3. The highest BCUT2D eigenvalue weighted by atomic mass is 16.3. The number of rotatable bonds is 5. The number of aromatic nitrogens is 3. The van der Waals surface area contributed by atoms with Gasteiger partial charge in [0.25, 0.3) is 0 Å². The van der Waals surface area contributed by atoms with Gasteiger partial charge in [-0.05, 0) is 87.0 Å². The second kappa shape index (κ2) is 12.7. The van der Waals surface area contributed by atoms with Crippen molar-refractivity contribution in [2.45, 2.75) is 19.3 Å². The molecule has 3 aromatic heterocycles. The van der Waals surface area contributed by atoms with E-state index in [2.05, 4.69) is 117 Å². The summed E-state index contributed by atoms with van der Waals surface area (Å²) in [4.78, 5) is 15.5. The van der Waals surface area contributed by atoms with E-state index >= 15 is 0 Å². The summed E-state index contributed by atoms with van der Waals surface area (Å²) in [7, 11) is 0. The number of hydrogen-bond acceptors (Lipinski definition) is 5.